The SMILES string of the molecule is C=C(c1nc2c(-c3ccccn3)cncc2[nH]1)c1cc(-c2cncc(NC(=C)C(C)(C)C)c2)ccc1NC. The number of fused-ring (bicyclic) bond motifs is 1. The summed E-state index contributed by atoms with van der Waals surface area (Å²) in [6, 6.07) is 14.1. The molecule has 0 atom stereocenters. The van der Waals surface area contributed by atoms with Crippen molar-refractivity contribution in [3.05, 3.63) is 104 Å². The number of nitrogens with zero attached hydrogens (tertiary/aromatic N) is 4. The molecule has 3 N–H and O–H groups in total. The molecule has 1 aromatic carbocycles. The van der Waals surface area contributed by atoms with Crippen LogP contribution in [0.1, 0.15) is 32.2 Å². The van der Waals surface area contributed by atoms with E-state index in [0.29, 0.717) is 5.82 Å². The maximum Gasteiger partial charge on any atom is 0.138 e. The summed E-state index contributed by atoms with van der Waals surface area (Å²) in [5.74, 6) is 0.675. The minimum Gasteiger partial charge on any atom is -0.388 e. The average Bonchev–Trinajstić information content (AvgIpc) is 3.37. The lowest BCUT2D eigenvalue weighted by Crippen LogP contribution is -2.15. The van der Waals surface area contributed by atoms with Gasteiger partial charge < -0.3 is 15.6 Å². The highest BCUT2D eigenvalue weighted by Gasteiger charge is 2.17. The van der Waals surface area contributed by atoms with Gasteiger partial charge >= 0.3 is 0 Å². The van der Waals surface area contributed by atoms with Crippen LogP contribution >= 0.6 is 0 Å². The van der Waals surface area contributed by atoms with Crippen LogP contribution in [0.3, 0.4) is 0 Å². The predicted octanol–water partition coefficient (Wildman–Crippen LogP) is 7.16. The zero-order chi connectivity index (χ0) is 26.9. The van der Waals surface area contributed by atoms with Gasteiger partial charge in [-0.15, -0.1) is 0 Å². The van der Waals surface area contributed by atoms with E-state index in [9.17, 15) is 0 Å². The molecule has 4 aromatic heterocycles. The summed E-state index contributed by atoms with van der Waals surface area (Å²) in [6.07, 6.45) is 9.00. The Labute approximate surface area is 222 Å². The second-order valence-electron chi connectivity index (χ2n) is 10.2. The summed E-state index contributed by atoms with van der Waals surface area (Å²) in [6.45, 7) is 15.0. The second-order valence-corrected chi connectivity index (χ2v) is 10.2. The number of pyridine rings is 3. The lowest BCUT2D eigenvalue weighted by Gasteiger charge is -2.23. The van der Waals surface area contributed by atoms with E-state index in [1.165, 1.54) is 0 Å². The first-order chi connectivity index (χ1) is 18.2. The van der Waals surface area contributed by atoms with Gasteiger partial charge in [0.2, 0.25) is 0 Å². The largest absolute Gasteiger partial charge is 0.388 e. The topological polar surface area (TPSA) is 91.4 Å². The number of benzene rings is 1. The Morgan fingerprint density at radius 2 is 1.74 bits per heavy atom. The standard InChI is InChI=1S/C31H31N7/c1-19(30-37-28-18-34-17-25(29(28)38-30)27-9-7-8-12-35-27)24-14-21(10-11-26(24)32-6)22-13-23(16-33-15-22)36-20(2)31(3,4)5/h7-18,32,36H,1-2H2,3-6H3,(H,37,38). The molecule has 0 unspecified atom stereocenters. The fourth-order valence-corrected chi connectivity index (χ4v) is 4.13. The molecule has 0 fully saturated rings. The van der Waals surface area contributed by atoms with Crippen LogP contribution < -0.4 is 10.6 Å². The van der Waals surface area contributed by atoms with Crippen molar-refractivity contribution in [1.82, 2.24) is 24.9 Å². The van der Waals surface area contributed by atoms with Crippen molar-refractivity contribution in [2.45, 2.75) is 20.8 Å². The first-order valence-electron chi connectivity index (χ1n) is 12.4. The number of hydrogen-bond acceptors (Lipinski definition) is 6. The summed E-state index contributed by atoms with van der Waals surface area (Å²) < 4.78 is 0. The number of nitrogens with one attached hydrogen (secondary N) is 3. The number of allylic oxidation sites excluding steroid dienone is 1. The van der Waals surface area contributed by atoms with E-state index in [-0.39, 0.29) is 5.41 Å². The fraction of sp³-hybridized carbons (Fsp3) is 0.161. The summed E-state index contributed by atoms with van der Waals surface area (Å²) in [7, 11) is 1.90. The zero-order valence-electron chi connectivity index (χ0n) is 22.1. The first-order valence-corrected chi connectivity index (χ1v) is 12.4. The number of aromatic nitrogens is 5. The minimum absolute atomic E-state index is 0.0616. The maximum atomic E-state index is 4.92. The molecule has 0 aliphatic heterocycles. The second kappa shape index (κ2) is 9.94. The van der Waals surface area contributed by atoms with Crippen LogP contribution in [-0.4, -0.2) is 32.0 Å². The monoisotopic (exact) mass is 501 g/mol. The van der Waals surface area contributed by atoms with Crippen molar-refractivity contribution < 1.29 is 0 Å². The van der Waals surface area contributed by atoms with Gasteiger partial charge in [0, 0.05) is 64.7 Å². The molecule has 0 saturated heterocycles. The quantitative estimate of drug-likeness (QED) is 0.219. The van der Waals surface area contributed by atoms with Gasteiger partial charge in [-0.1, -0.05) is 46.1 Å². The van der Waals surface area contributed by atoms with Crippen LogP contribution in [0.2, 0.25) is 0 Å². The summed E-state index contributed by atoms with van der Waals surface area (Å²) in [5, 5.41) is 6.68. The molecule has 7 nitrogen and oxygen atoms in total. The van der Waals surface area contributed by atoms with Gasteiger partial charge in [0.1, 0.15) is 11.3 Å². The molecule has 0 aliphatic carbocycles. The molecule has 0 aliphatic rings. The van der Waals surface area contributed by atoms with Crippen molar-refractivity contribution in [2.75, 3.05) is 17.7 Å². The normalized spacial score (nSPS) is 11.4. The van der Waals surface area contributed by atoms with E-state index in [1.54, 1.807) is 18.6 Å². The molecule has 7 heteroatoms. The molecule has 38 heavy (non-hydrogen) atoms. The summed E-state index contributed by atoms with van der Waals surface area (Å²) in [4.78, 5) is 21.7. The van der Waals surface area contributed by atoms with Crippen molar-refractivity contribution in [3.63, 3.8) is 0 Å². The highest BCUT2D eigenvalue weighted by molar-refractivity contribution is 5.93. The molecule has 190 valence electrons. The molecule has 5 rings (SSSR count). The molecule has 0 bridgehead atoms. The maximum absolute atomic E-state index is 4.92. The Morgan fingerprint density at radius 3 is 2.47 bits per heavy atom. The number of imidazole rings is 1. The smallest absolute Gasteiger partial charge is 0.138 e. The lowest BCUT2D eigenvalue weighted by molar-refractivity contribution is 0.509. The number of aromatic amines is 1. The van der Waals surface area contributed by atoms with Crippen molar-refractivity contribution >= 4 is 28.0 Å². The fourth-order valence-electron chi connectivity index (χ4n) is 4.13. The van der Waals surface area contributed by atoms with Crippen molar-refractivity contribution in [3.8, 4) is 22.4 Å². The summed E-state index contributed by atoms with van der Waals surface area (Å²) >= 11 is 0. The van der Waals surface area contributed by atoms with Crippen LogP contribution in [0.4, 0.5) is 11.4 Å². The Bertz CT molecular complexity index is 1640. The highest BCUT2D eigenvalue weighted by atomic mass is 14.9. The molecular weight excluding hydrogens is 470 g/mol. The van der Waals surface area contributed by atoms with Gasteiger partial charge in [-0.3, -0.25) is 15.0 Å². The van der Waals surface area contributed by atoms with Crippen LogP contribution in [0, 0.1) is 5.41 Å². The van der Waals surface area contributed by atoms with Crippen molar-refractivity contribution in [2.24, 2.45) is 5.41 Å². The van der Waals surface area contributed by atoms with Gasteiger partial charge in [0.15, 0.2) is 0 Å². The molecular formula is C31H31N7. The number of anilines is 2. The Morgan fingerprint density at radius 1 is 0.921 bits per heavy atom. The molecule has 0 saturated carbocycles. The average molecular weight is 502 g/mol. The van der Waals surface area contributed by atoms with Gasteiger partial charge in [0.05, 0.1) is 29.3 Å². The number of rotatable bonds is 7. The van der Waals surface area contributed by atoms with E-state index < -0.39 is 0 Å². The molecule has 5 aromatic rings. The van der Waals surface area contributed by atoms with Crippen LogP contribution in [0.25, 0.3) is 39.0 Å². The summed E-state index contributed by atoms with van der Waals surface area (Å²) in [5.41, 5.74) is 9.75. The van der Waals surface area contributed by atoms with E-state index in [1.807, 2.05) is 43.7 Å². The lowest BCUT2D eigenvalue weighted by atomic mass is 9.92. The van der Waals surface area contributed by atoms with Gasteiger partial charge in [-0.25, -0.2) is 4.98 Å². The first kappa shape index (κ1) is 24.9. The molecule has 4 heterocycles. The van der Waals surface area contributed by atoms with E-state index in [0.717, 1.165) is 61.6 Å². The highest BCUT2D eigenvalue weighted by Crippen LogP contribution is 2.34. The molecule has 0 amide bonds. The third kappa shape index (κ3) is 4.91. The Kier molecular flexibility index (Phi) is 6.51. The van der Waals surface area contributed by atoms with E-state index in [2.05, 4.69) is 82.7 Å². The van der Waals surface area contributed by atoms with Gasteiger partial charge in [-0.05, 0) is 35.9 Å². The molecule has 0 radical (unpaired) electrons. The predicted molar refractivity (Wildman–Crippen MR) is 157 cm³/mol. The van der Waals surface area contributed by atoms with Crippen LogP contribution in [-0.2, 0) is 0 Å². The Hall–Kier alpha value is -4.78. The number of hydrogen-bond donors (Lipinski definition) is 3. The third-order valence-electron chi connectivity index (χ3n) is 6.51. The van der Waals surface area contributed by atoms with Gasteiger partial charge in [-0.2, -0.15) is 0 Å². The van der Waals surface area contributed by atoms with Crippen LogP contribution in [0.15, 0.2) is 92.3 Å². The minimum atomic E-state index is -0.0616. The molecule has 0 spiro atoms. The van der Waals surface area contributed by atoms with Crippen LogP contribution in [0.5, 0.6) is 0 Å². The Balaban J connectivity index is 1.52. The van der Waals surface area contributed by atoms with Crippen molar-refractivity contribution in [1.29, 1.82) is 0 Å². The zero-order valence-corrected chi connectivity index (χ0v) is 22.1. The van der Waals surface area contributed by atoms with Gasteiger partial charge in [0.25, 0.3) is 0 Å². The number of H-pyrrole nitrogens is 1. The third-order valence-corrected chi connectivity index (χ3v) is 6.51. The van der Waals surface area contributed by atoms with E-state index in [4.69, 9.17) is 4.98 Å². The van der Waals surface area contributed by atoms with E-state index >= 15 is 0 Å².